The van der Waals surface area contributed by atoms with Gasteiger partial charge in [-0.15, -0.1) is 0 Å². The van der Waals surface area contributed by atoms with E-state index in [0.29, 0.717) is 13.0 Å². The molecule has 3 unspecified atom stereocenters. The molecule has 2 rings (SSSR count). The number of amides is 2. The Hall–Kier alpha value is -0.980. The lowest BCUT2D eigenvalue weighted by atomic mass is 9.82. The zero-order valence-corrected chi connectivity index (χ0v) is 9.22. The number of rotatable bonds is 3. The minimum Gasteiger partial charge on any atom is -0.376 e. The summed E-state index contributed by atoms with van der Waals surface area (Å²) < 4.78 is 10.3. The maximum absolute atomic E-state index is 11.6. The zero-order valence-electron chi connectivity index (χ0n) is 9.22. The quantitative estimate of drug-likeness (QED) is 0.618. The van der Waals surface area contributed by atoms with Gasteiger partial charge in [-0.1, -0.05) is 0 Å². The third-order valence-electron chi connectivity index (χ3n) is 2.99. The number of hydrogen-bond acceptors (Lipinski definition) is 5. The summed E-state index contributed by atoms with van der Waals surface area (Å²) in [7, 11) is 0. The number of carbonyl (C=O) groups excluding carboxylic acids is 2. The molecule has 3 atom stereocenters. The monoisotopic (exact) mass is 228 g/mol. The number of ether oxygens (including phenoxy) is 2. The van der Waals surface area contributed by atoms with Crippen molar-refractivity contribution in [2.45, 2.75) is 31.5 Å². The Morgan fingerprint density at radius 1 is 1.44 bits per heavy atom. The third kappa shape index (κ3) is 1.83. The Balaban J connectivity index is 2.09. The van der Waals surface area contributed by atoms with E-state index in [0.717, 1.165) is 0 Å². The van der Waals surface area contributed by atoms with E-state index in [9.17, 15) is 9.59 Å². The molecule has 0 aromatic heterocycles. The second kappa shape index (κ2) is 4.48. The van der Waals surface area contributed by atoms with Gasteiger partial charge >= 0.3 is 0 Å². The smallest absolute Gasteiger partial charge is 0.255 e. The van der Waals surface area contributed by atoms with Gasteiger partial charge in [0.05, 0.1) is 12.1 Å². The molecule has 0 aromatic carbocycles. The van der Waals surface area contributed by atoms with E-state index in [1.807, 2.05) is 6.92 Å². The van der Waals surface area contributed by atoms with Gasteiger partial charge in [-0.25, -0.2) is 0 Å². The molecule has 1 saturated carbocycles. The van der Waals surface area contributed by atoms with Gasteiger partial charge in [0.25, 0.3) is 11.8 Å². The van der Waals surface area contributed by atoms with Gasteiger partial charge in [-0.2, -0.15) is 0 Å². The predicted molar refractivity (Wildman–Crippen MR) is 54.5 cm³/mol. The van der Waals surface area contributed by atoms with E-state index in [4.69, 9.17) is 15.2 Å². The van der Waals surface area contributed by atoms with Crippen molar-refractivity contribution >= 4 is 11.8 Å². The highest BCUT2D eigenvalue weighted by atomic mass is 16.5. The van der Waals surface area contributed by atoms with Crippen LogP contribution in [0.3, 0.4) is 0 Å². The molecule has 2 fully saturated rings. The minimum atomic E-state index is -0.318. The molecule has 6 nitrogen and oxygen atoms in total. The van der Waals surface area contributed by atoms with Crippen LogP contribution < -0.4 is 5.73 Å². The Kier molecular flexibility index (Phi) is 3.22. The summed E-state index contributed by atoms with van der Waals surface area (Å²) in [6, 6.07) is -0.494. The van der Waals surface area contributed by atoms with E-state index >= 15 is 0 Å². The minimum absolute atomic E-state index is 0.0478. The molecular weight excluding hydrogens is 212 g/mol. The van der Waals surface area contributed by atoms with Gasteiger partial charge in [0.15, 0.2) is 0 Å². The van der Waals surface area contributed by atoms with Gasteiger partial charge in [0.1, 0.15) is 13.2 Å². The van der Waals surface area contributed by atoms with Crippen molar-refractivity contribution in [2.24, 2.45) is 5.73 Å². The molecule has 1 aliphatic carbocycles. The van der Waals surface area contributed by atoms with Gasteiger partial charge < -0.3 is 15.2 Å². The van der Waals surface area contributed by atoms with Crippen LogP contribution in [0.15, 0.2) is 0 Å². The number of nitrogens with two attached hydrogens (primary N) is 1. The van der Waals surface area contributed by atoms with Crippen molar-refractivity contribution in [1.29, 1.82) is 0 Å². The van der Waals surface area contributed by atoms with E-state index in [2.05, 4.69) is 0 Å². The highest BCUT2D eigenvalue weighted by molar-refractivity contribution is 5.99. The second-order valence-electron chi connectivity index (χ2n) is 4.03. The molecule has 0 bridgehead atoms. The molecule has 6 heteroatoms. The molecule has 90 valence electrons. The summed E-state index contributed by atoms with van der Waals surface area (Å²) in [5.74, 6) is -0.637. The van der Waals surface area contributed by atoms with Crippen molar-refractivity contribution < 1.29 is 19.1 Å². The number of carbonyl (C=O) groups is 2. The SMILES string of the molecule is CCOC1CC(N)C1N1C(=O)COCC1=O. The lowest BCUT2D eigenvalue weighted by molar-refractivity contribution is -0.173. The Morgan fingerprint density at radius 3 is 2.56 bits per heavy atom. The molecule has 2 aliphatic rings. The Labute approximate surface area is 93.7 Å². The van der Waals surface area contributed by atoms with Crippen molar-refractivity contribution in [1.82, 2.24) is 4.90 Å². The summed E-state index contributed by atoms with van der Waals surface area (Å²) in [6.07, 6.45) is 0.571. The summed E-state index contributed by atoms with van der Waals surface area (Å²) in [4.78, 5) is 24.4. The molecule has 2 N–H and O–H groups in total. The van der Waals surface area contributed by atoms with Crippen LogP contribution in [0, 0.1) is 0 Å². The van der Waals surface area contributed by atoms with Crippen LogP contribution >= 0.6 is 0 Å². The summed E-state index contributed by atoms with van der Waals surface area (Å²) in [6.45, 7) is 2.34. The average Bonchev–Trinajstić information content (AvgIpc) is 2.23. The van der Waals surface area contributed by atoms with Crippen molar-refractivity contribution in [3.8, 4) is 0 Å². The van der Waals surface area contributed by atoms with Crippen LogP contribution in [0.5, 0.6) is 0 Å². The van der Waals surface area contributed by atoms with Crippen LogP contribution in [-0.4, -0.2) is 54.7 Å². The molecule has 0 radical (unpaired) electrons. The number of nitrogens with zero attached hydrogens (tertiary/aromatic N) is 1. The first kappa shape index (κ1) is 11.5. The van der Waals surface area contributed by atoms with Crippen molar-refractivity contribution in [3.63, 3.8) is 0 Å². The average molecular weight is 228 g/mol. The number of hydrogen-bond donors (Lipinski definition) is 1. The van der Waals surface area contributed by atoms with Crippen LogP contribution in [-0.2, 0) is 19.1 Å². The molecule has 2 amide bonds. The molecule has 1 aliphatic heterocycles. The standard InChI is InChI=1S/C10H16N2O4/c1-2-16-7-3-6(11)10(7)12-8(13)4-15-5-9(12)14/h6-7,10H,2-5,11H2,1H3. The van der Waals surface area contributed by atoms with Gasteiger partial charge in [-0.3, -0.25) is 14.5 Å². The molecule has 0 aromatic rings. The number of morpholine rings is 1. The molecule has 16 heavy (non-hydrogen) atoms. The molecule has 0 spiro atoms. The highest BCUT2D eigenvalue weighted by Crippen LogP contribution is 2.29. The lowest BCUT2D eigenvalue weighted by Crippen LogP contribution is -2.69. The maximum Gasteiger partial charge on any atom is 0.255 e. The lowest BCUT2D eigenvalue weighted by Gasteiger charge is -2.48. The van der Waals surface area contributed by atoms with Gasteiger partial charge in [0, 0.05) is 12.6 Å². The van der Waals surface area contributed by atoms with Crippen molar-refractivity contribution in [2.75, 3.05) is 19.8 Å². The first-order valence-corrected chi connectivity index (χ1v) is 5.45. The number of imide groups is 1. The normalized spacial score (nSPS) is 35.1. The fourth-order valence-corrected chi connectivity index (χ4v) is 2.20. The second-order valence-corrected chi connectivity index (χ2v) is 4.03. The first-order valence-electron chi connectivity index (χ1n) is 5.45. The maximum atomic E-state index is 11.6. The van der Waals surface area contributed by atoms with E-state index in [-0.39, 0.29) is 43.2 Å². The van der Waals surface area contributed by atoms with Gasteiger partial charge in [-0.05, 0) is 13.3 Å². The van der Waals surface area contributed by atoms with E-state index in [1.165, 1.54) is 4.90 Å². The fraction of sp³-hybridized carbons (Fsp3) is 0.800. The van der Waals surface area contributed by atoms with Crippen LogP contribution in [0.2, 0.25) is 0 Å². The summed E-state index contributed by atoms with van der Waals surface area (Å²) in [5.41, 5.74) is 5.83. The fourth-order valence-electron chi connectivity index (χ4n) is 2.20. The predicted octanol–water partition coefficient (Wildman–Crippen LogP) is -1.12. The Morgan fingerprint density at radius 2 is 2.06 bits per heavy atom. The van der Waals surface area contributed by atoms with E-state index < -0.39 is 0 Å². The topological polar surface area (TPSA) is 81.9 Å². The highest BCUT2D eigenvalue weighted by Gasteiger charge is 2.48. The van der Waals surface area contributed by atoms with Crippen LogP contribution in [0.4, 0.5) is 0 Å². The molecular formula is C10H16N2O4. The van der Waals surface area contributed by atoms with Gasteiger partial charge in [0.2, 0.25) is 0 Å². The van der Waals surface area contributed by atoms with Crippen LogP contribution in [0.1, 0.15) is 13.3 Å². The zero-order chi connectivity index (χ0) is 11.7. The van der Waals surface area contributed by atoms with Crippen molar-refractivity contribution in [3.05, 3.63) is 0 Å². The summed E-state index contributed by atoms with van der Waals surface area (Å²) >= 11 is 0. The molecule has 1 saturated heterocycles. The third-order valence-corrected chi connectivity index (χ3v) is 2.99. The Bertz CT molecular complexity index is 289. The van der Waals surface area contributed by atoms with Crippen LogP contribution in [0.25, 0.3) is 0 Å². The molecule has 1 heterocycles. The largest absolute Gasteiger partial charge is 0.376 e. The summed E-state index contributed by atoms with van der Waals surface area (Å²) in [5, 5.41) is 0. The van der Waals surface area contributed by atoms with E-state index in [1.54, 1.807) is 0 Å². The first-order chi connectivity index (χ1) is 7.65.